The standard InChI is InChI=1S/C13H20N2O6/c1-3-7-5-15(12(20)14-11(7)19)13(4-2)10(18)9(17)8(6-16)21-13/h5,8-10,16-18H,3-4,6H2,1-2H3,(H,14,19,20)/t8-,9-,10-,13-/m1/s1. The van der Waals surface area contributed by atoms with E-state index >= 15 is 0 Å². The van der Waals surface area contributed by atoms with Gasteiger partial charge in [-0.1, -0.05) is 13.8 Å². The molecular weight excluding hydrogens is 280 g/mol. The summed E-state index contributed by atoms with van der Waals surface area (Å²) in [4.78, 5) is 25.9. The Morgan fingerprint density at radius 2 is 2.05 bits per heavy atom. The Labute approximate surface area is 120 Å². The van der Waals surface area contributed by atoms with Crippen LogP contribution in [-0.2, 0) is 16.9 Å². The number of hydrogen-bond acceptors (Lipinski definition) is 6. The molecular formula is C13H20N2O6. The van der Waals surface area contributed by atoms with Crippen LogP contribution >= 0.6 is 0 Å². The van der Waals surface area contributed by atoms with Crippen molar-refractivity contribution in [1.29, 1.82) is 0 Å². The average molecular weight is 300 g/mol. The van der Waals surface area contributed by atoms with Gasteiger partial charge in [-0.15, -0.1) is 0 Å². The van der Waals surface area contributed by atoms with Gasteiger partial charge in [0.1, 0.15) is 18.3 Å². The molecule has 8 nitrogen and oxygen atoms in total. The summed E-state index contributed by atoms with van der Waals surface area (Å²) in [5.74, 6) is 0. The zero-order valence-corrected chi connectivity index (χ0v) is 11.9. The van der Waals surface area contributed by atoms with Crippen molar-refractivity contribution in [2.45, 2.75) is 50.7 Å². The maximum Gasteiger partial charge on any atom is 0.330 e. The van der Waals surface area contributed by atoms with E-state index < -0.39 is 41.9 Å². The number of H-pyrrole nitrogens is 1. The minimum atomic E-state index is -1.52. The normalized spacial score (nSPS) is 32.5. The molecule has 4 N–H and O–H groups in total. The van der Waals surface area contributed by atoms with E-state index in [1.54, 1.807) is 13.8 Å². The lowest BCUT2D eigenvalue weighted by Gasteiger charge is -2.33. The summed E-state index contributed by atoms with van der Waals surface area (Å²) in [5, 5.41) is 29.4. The van der Waals surface area contributed by atoms with Crippen molar-refractivity contribution in [2.24, 2.45) is 0 Å². The highest BCUT2D eigenvalue weighted by Crippen LogP contribution is 2.37. The molecule has 0 radical (unpaired) electrons. The predicted molar refractivity (Wildman–Crippen MR) is 72.9 cm³/mol. The number of aliphatic hydroxyl groups is 3. The molecule has 0 aliphatic carbocycles. The second-order valence-electron chi connectivity index (χ2n) is 5.11. The van der Waals surface area contributed by atoms with Gasteiger partial charge in [-0.2, -0.15) is 0 Å². The first-order valence-electron chi connectivity index (χ1n) is 6.91. The lowest BCUT2D eigenvalue weighted by molar-refractivity contribution is -0.152. The zero-order chi connectivity index (χ0) is 15.8. The van der Waals surface area contributed by atoms with E-state index in [1.165, 1.54) is 6.20 Å². The van der Waals surface area contributed by atoms with Gasteiger partial charge >= 0.3 is 5.69 Å². The summed E-state index contributed by atoms with van der Waals surface area (Å²) in [7, 11) is 0. The quantitative estimate of drug-likeness (QED) is 0.524. The monoisotopic (exact) mass is 300 g/mol. The van der Waals surface area contributed by atoms with Gasteiger partial charge in [-0.05, 0) is 12.8 Å². The molecule has 0 unspecified atom stereocenters. The van der Waals surface area contributed by atoms with Crippen molar-refractivity contribution in [3.05, 3.63) is 32.6 Å². The third-order valence-electron chi connectivity index (χ3n) is 4.01. The van der Waals surface area contributed by atoms with Gasteiger partial charge < -0.3 is 20.1 Å². The Morgan fingerprint density at radius 3 is 2.52 bits per heavy atom. The number of nitrogens with zero attached hydrogens (tertiary/aromatic N) is 1. The molecule has 8 heteroatoms. The van der Waals surface area contributed by atoms with E-state index in [1.807, 2.05) is 0 Å². The molecule has 2 heterocycles. The molecule has 0 saturated carbocycles. The number of ether oxygens (including phenoxy) is 1. The van der Waals surface area contributed by atoms with Crippen LogP contribution in [0.25, 0.3) is 0 Å². The maximum atomic E-state index is 12.1. The summed E-state index contributed by atoms with van der Waals surface area (Å²) in [6, 6.07) is 0. The smallest absolute Gasteiger partial charge is 0.330 e. The fourth-order valence-corrected chi connectivity index (χ4v) is 2.72. The van der Waals surface area contributed by atoms with E-state index in [0.29, 0.717) is 12.0 Å². The second kappa shape index (κ2) is 5.72. The number of aromatic amines is 1. The number of aromatic nitrogens is 2. The van der Waals surface area contributed by atoms with Gasteiger partial charge in [0, 0.05) is 11.8 Å². The second-order valence-corrected chi connectivity index (χ2v) is 5.11. The predicted octanol–water partition coefficient (Wildman–Crippen LogP) is -1.73. The zero-order valence-electron chi connectivity index (χ0n) is 11.9. The van der Waals surface area contributed by atoms with E-state index in [0.717, 1.165) is 4.57 Å². The van der Waals surface area contributed by atoms with Crippen LogP contribution in [0.3, 0.4) is 0 Å². The van der Waals surface area contributed by atoms with Crippen LogP contribution in [0.5, 0.6) is 0 Å². The Bertz CT molecular complexity index is 624. The van der Waals surface area contributed by atoms with Crippen LogP contribution in [0.2, 0.25) is 0 Å². The molecule has 0 bridgehead atoms. The highest BCUT2D eigenvalue weighted by molar-refractivity contribution is 5.08. The number of rotatable bonds is 4. The third-order valence-corrected chi connectivity index (χ3v) is 4.01. The summed E-state index contributed by atoms with van der Waals surface area (Å²) in [6.07, 6.45) is -1.80. The van der Waals surface area contributed by atoms with E-state index in [-0.39, 0.29) is 6.42 Å². The lowest BCUT2D eigenvalue weighted by Crippen LogP contribution is -2.51. The molecule has 1 fully saturated rings. The van der Waals surface area contributed by atoms with Crippen LogP contribution < -0.4 is 11.2 Å². The van der Waals surface area contributed by atoms with Gasteiger partial charge in [-0.25, -0.2) is 4.79 Å². The fourth-order valence-electron chi connectivity index (χ4n) is 2.72. The molecule has 1 aliphatic heterocycles. The Balaban J connectivity index is 2.62. The first kappa shape index (κ1) is 15.9. The molecule has 118 valence electrons. The highest BCUT2D eigenvalue weighted by Gasteiger charge is 2.54. The SMILES string of the molecule is CCc1cn([C@]2(CC)O[C@H](CO)[C@@H](O)[C@H]2O)c(=O)[nH]c1=O. The van der Waals surface area contributed by atoms with Crippen molar-refractivity contribution >= 4 is 0 Å². The van der Waals surface area contributed by atoms with Gasteiger partial charge in [0.25, 0.3) is 5.56 Å². The third kappa shape index (κ3) is 2.34. The van der Waals surface area contributed by atoms with Crippen molar-refractivity contribution in [3.8, 4) is 0 Å². The Hall–Kier alpha value is -1.48. The van der Waals surface area contributed by atoms with Crippen molar-refractivity contribution in [2.75, 3.05) is 6.61 Å². The minimum absolute atomic E-state index is 0.177. The van der Waals surface area contributed by atoms with Crippen LogP contribution in [0.15, 0.2) is 15.8 Å². The number of aryl methyl sites for hydroxylation is 1. The topological polar surface area (TPSA) is 125 Å². The molecule has 2 rings (SSSR count). The summed E-state index contributed by atoms with van der Waals surface area (Å²) in [5.41, 5.74) is -2.38. The number of nitrogens with one attached hydrogen (secondary N) is 1. The van der Waals surface area contributed by atoms with Crippen LogP contribution in [0.1, 0.15) is 25.8 Å². The summed E-state index contributed by atoms with van der Waals surface area (Å²) >= 11 is 0. The first-order valence-corrected chi connectivity index (χ1v) is 6.91. The minimum Gasteiger partial charge on any atom is -0.394 e. The first-order chi connectivity index (χ1) is 9.91. The van der Waals surface area contributed by atoms with E-state index in [2.05, 4.69) is 4.98 Å². The Morgan fingerprint density at radius 1 is 1.38 bits per heavy atom. The fraction of sp³-hybridized carbons (Fsp3) is 0.692. The van der Waals surface area contributed by atoms with Gasteiger partial charge in [0.2, 0.25) is 0 Å². The molecule has 1 aliphatic rings. The van der Waals surface area contributed by atoms with Gasteiger partial charge in [0.15, 0.2) is 5.72 Å². The van der Waals surface area contributed by atoms with Crippen molar-refractivity contribution in [3.63, 3.8) is 0 Å². The lowest BCUT2D eigenvalue weighted by atomic mass is 9.99. The van der Waals surface area contributed by atoms with E-state index in [4.69, 9.17) is 4.74 Å². The summed E-state index contributed by atoms with van der Waals surface area (Å²) < 4.78 is 6.66. The number of hydrogen-bond donors (Lipinski definition) is 4. The molecule has 0 amide bonds. The van der Waals surface area contributed by atoms with Crippen molar-refractivity contribution in [1.82, 2.24) is 9.55 Å². The molecule has 1 saturated heterocycles. The van der Waals surface area contributed by atoms with Gasteiger partial charge in [-0.3, -0.25) is 14.3 Å². The van der Waals surface area contributed by atoms with Gasteiger partial charge in [0.05, 0.1) is 6.61 Å². The van der Waals surface area contributed by atoms with E-state index in [9.17, 15) is 24.9 Å². The summed E-state index contributed by atoms with van der Waals surface area (Å²) in [6.45, 7) is 2.95. The largest absolute Gasteiger partial charge is 0.394 e. The van der Waals surface area contributed by atoms with Crippen molar-refractivity contribution < 1.29 is 20.1 Å². The molecule has 1 aromatic heterocycles. The van der Waals surface area contributed by atoms with Crippen LogP contribution in [0, 0.1) is 0 Å². The Kier molecular flexibility index (Phi) is 4.33. The maximum absolute atomic E-state index is 12.1. The molecule has 21 heavy (non-hydrogen) atoms. The molecule has 4 atom stereocenters. The molecule has 0 aromatic carbocycles. The van der Waals surface area contributed by atoms with Crippen LogP contribution in [0.4, 0.5) is 0 Å². The van der Waals surface area contributed by atoms with Crippen LogP contribution in [-0.4, -0.2) is 49.8 Å². The number of aliphatic hydroxyl groups excluding tert-OH is 3. The highest BCUT2D eigenvalue weighted by atomic mass is 16.6. The average Bonchev–Trinajstić information content (AvgIpc) is 2.72. The molecule has 1 aromatic rings. The molecule has 0 spiro atoms.